The smallest absolute Gasteiger partial charge is 0.303 e. The van der Waals surface area contributed by atoms with Gasteiger partial charge in [0.15, 0.2) is 0 Å². The van der Waals surface area contributed by atoms with E-state index in [0.717, 1.165) is 5.69 Å². The van der Waals surface area contributed by atoms with Crippen molar-refractivity contribution in [3.63, 3.8) is 0 Å². The quantitative estimate of drug-likeness (QED) is 0.938. The molecule has 0 aliphatic carbocycles. The van der Waals surface area contributed by atoms with Crippen LogP contribution in [0.15, 0.2) is 17.6 Å². The van der Waals surface area contributed by atoms with Crippen LogP contribution < -0.4 is 0 Å². The van der Waals surface area contributed by atoms with Crippen LogP contribution in [-0.4, -0.2) is 21.0 Å². The Kier molecular flexibility index (Phi) is 4.16. The van der Waals surface area contributed by atoms with Crippen molar-refractivity contribution in [2.45, 2.75) is 12.8 Å². The normalized spacial score (nSPS) is 10.6. The van der Waals surface area contributed by atoms with Gasteiger partial charge in [0, 0.05) is 18.0 Å². The number of carbonyl (C=O) groups is 1. The van der Waals surface area contributed by atoms with E-state index in [4.69, 9.17) is 28.3 Å². The largest absolute Gasteiger partial charge is 0.481 e. The number of halogens is 2. The zero-order valence-electron chi connectivity index (χ0n) is 9.06. The summed E-state index contributed by atoms with van der Waals surface area (Å²) in [6.45, 7) is 0. The van der Waals surface area contributed by atoms with Crippen LogP contribution in [0.25, 0.3) is 10.7 Å². The van der Waals surface area contributed by atoms with Crippen molar-refractivity contribution in [1.82, 2.24) is 9.97 Å². The van der Waals surface area contributed by atoms with Crippen LogP contribution in [-0.2, 0) is 11.2 Å². The Hall–Kier alpha value is -1.17. The number of hydrogen-bond donors (Lipinski definition) is 1. The van der Waals surface area contributed by atoms with E-state index in [0.29, 0.717) is 27.2 Å². The second-order valence-electron chi connectivity index (χ2n) is 3.52. The molecule has 0 amide bonds. The number of carboxylic acids is 1. The lowest BCUT2D eigenvalue weighted by molar-refractivity contribution is -0.136. The maximum absolute atomic E-state index is 10.5. The van der Waals surface area contributed by atoms with E-state index in [1.165, 1.54) is 17.5 Å². The predicted octanol–water partition coefficient (Wildman–Crippen LogP) is 3.53. The second-order valence-corrected chi connectivity index (χ2v) is 5.22. The summed E-state index contributed by atoms with van der Waals surface area (Å²) in [4.78, 5) is 18.9. The molecule has 4 nitrogen and oxygen atoms in total. The number of hydrogen-bond acceptors (Lipinski definition) is 4. The Bertz CT molecular complexity index is 586. The number of aliphatic carboxylic acids is 1. The molecule has 1 N–H and O–H groups in total. The Balaban J connectivity index is 2.21. The molecule has 0 aliphatic heterocycles. The van der Waals surface area contributed by atoms with E-state index in [1.54, 1.807) is 6.07 Å². The maximum Gasteiger partial charge on any atom is 0.303 e. The first-order valence-electron chi connectivity index (χ1n) is 5.04. The average Bonchev–Trinajstić information content (AvgIpc) is 2.75. The van der Waals surface area contributed by atoms with Gasteiger partial charge in [-0.2, -0.15) is 0 Å². The highest BCUT2D eigenvalue weighted by Gasteiger charge is 2.11. The van der Waals surface area contributed by atoms with E-state index in [1.807, 2.05) is 5.38 Å². The van der Waals surface area contributed by atoms with Crippen molar-refractivity contribution in [1.29, 1.82) is 0 Å². The Morgan fingerprint density at radius 3 is 2.89 bits per heavy atom. The molecule has 94 valence electrons. The van der Waals surface area contributed by atoms with Crippen LogP contribution in [0.1, 0.15) is 12.1 Å². The molecule has 0 unspecified atom stereocenters. The summed E-state index contributed by atoms with van der Waals surface area (Å²) in [5.41, 5.74) is 1.29. The fraction of sp³-hybridized carbons (Fsp3) is 0.182. The molecule has 2 aromatic rings. The molecule has 0 spiro atoms. The molecule has 7 heteroatoms. The summed E-state index contributed by atoms with van der Waals surface area (Å²) >= 11 is 13.2. The zero-order valence-corrected chi connectivity index (χ0v) is 11.4. The molecule has 0 aromatic carbocycles. The van der Waals surface area contributed by atoms with Gasteiger partial charge >= 0.3 is 5.97 Å². The summed E-state index contributed by atoms with van der Waals surface area (Å²) in [6, 6.07) is 1.60. The molecule has 0 saturated heterocycles. The molecule has 2 aromatic heterocycles. The van der Waals surface area contributed by atoms with Crippen molar-refractivity contribution >= 4 is 40.5 Å². The predicted molar refractivity (Wildman–Crippen MR) is 71.3 cm³/mol. The minimum atomic E-state index is -0.841. The number of rotatable bonds is 4. The fourth-order valence-corrected chi connectivity index (χ4v) is 2.73. The van der Waals surface area contributed by atoms with E-state index >= 15 is 0 Å². The van der Waals surface area contributed by atoms with Crippen LogP contribution in [0.2, 0.25) is 10.0 Å². The molecule has 18 heavy (non-hydrogen) atoms. The third kappa shape index (κ3) is 3.19. The summed E-state index contributed by atoms with van der Waals surface area (Å²) < 4.78 is 0. The first-order valence-corrected chi connectivity index (χ1v) is 6.67. The molecule has 2 rings (SSSR count). The van der Waals surface area contributed by atoms with Gasteiger partial charge < -0.3 is 5.11 Å². The van der Waals surface area contributed by atoms with E-state index in [2.05, 4.69) is 9.97 Å². The molecular formula is C11H8Cl2N2O2S. The zero-order chi connectivity index (χ0) is 13.1. The number of pyridine rings is 1. The molecular weight excluding hydrogens is 295 g/mol. The van der Waals surface area contributed by atoms with E-state index in [9.17, 15) is 4.79 Å². The number of aromatic nitrogens is 2. The lowest BCUT2D eigenvalue weighted by Crippen LogP contribution is -1.97. The highest BCUT2D eigenvalue weighted by molar-refractivity contribution is 7.13. The van der Waals surface area contributed by atoms with Crippen molar-refractivity contribution in [3.05, 3.63) is 33.4 Å². The fourth-order valence-electron chi connectivity index (χ4n) is 1.34. The monoisotopic (exact) mass is 302 g/mol. The lowest BCUT2D eigenvalue weighted by atomic mass is 10.2. The van der Waals surface area contributed by atoms with Gasteiger partial charge in [-0.25, -0.2) is 4.98 Å². The molecule has 2 heterocycles. The van der Waals surface area contributed by atoms with Crippen molar-refractivity contribution in [3.8, 4) is 10.7 Å². The summed E-state index contributed by atoms with van der Waals surface area (Å²) in [5, 5.41) is 12.0. The molecule has 0 radical (unpaired) electrons. The third-order valence-electron chi connectivity index (χ3n) is 2.16. The molecule has 0 bridgehead atoms. The van der Waals surface area contributed by atoms with Crippen LogP contribution in [0.4, 0.5) is 0 Å². The second kappa shape index (κ2) is 5.65. The van der Waals surface area contributed by atoms with E-state index < -0.39 is 5.97 Å². The summed E-state index contributed by atoms with van der Waals surface area (Å²) in [7, 11) is 0. The molecule has 0 atom stereocenters. The minimum absolute atomic E-state index is 0.0605. The number of nitrogens with zero attached hydrogens (tertiary/aromatic N) is 2. The van der Waals surface area contributed by atoms with Gasteiger partial charge in [0.05, 0.1) is 22.2 Å². The van der Waals surface area contributed by atoms with Gasteiger partial charge in [-0.05, 0) is 6.07 Å². The lowest BCUT2D eigenvalue weighted by Gasteiger charge is -1.99. The highest BCUT2D eigenvalue weighted by Crippen LogP contribution is 2.30. The highest BCUT2D eigenvalue weighted by atomic mass is 35.5. The number of carboxylic acid groups (broad SMARTS) is 1. The first kappa shape index (κ1) is 13.3. The third-order valence-corrected chi connectivity index (χ3v) is 3.55. The molecule has 0 aliphatic rings. The van der Waals surface area contributed by atoms with Gasteiger partial charge in [0.1, 0.15) is 10.7 Å². The molecule has 0 fully saturated rings. The van der Waals surface area contributed by atoms with Gasteiger partial charge in [0.2, 0.25) is 0 Å². The van der Waals surface area contributed by atoms with Crippen LogP contribution in [0.5, 0.6) is 0 Å². The molecule has 0 saturated carbocycles. The van der Waals surface area contributed by atoms with Crippen LogP contribution in [0.3, 0.4) is 0 Å². The van der Waals surface area contributed by atoms with Crippen LogP contribution >= 0.6 is 34.5 Å². The number of aryl methyl sites for hydroxylation is 1. The van der Waals surface area contributed by atoms with Gasteiger partial charge in [-0.3, -0.25) is 9.78 Å². The average molecular weight is 303 g/mol. The van der Waals surface area contributed by atoms with Gasteiger partial charge in [-0.15, -0.1) is 11.3 Å². The minimum Gasteiger partial charge on any atom is -0.481 e. The maximum atomic E-state index is 10.5. The van der Waals surface area contributed by atoms with Crippen LogP contribution in [0, 0.1) is 0 Å². The summed E-state index contributed by atoms with van der Waals surface area (Å²) in [5.74, 6) is -0.841. The SMILES string of the molecule is O=C(O)CCc1csc(-c2ncc(Cl)cc2Cl)n1. The van der Waals surface area contributed by atoms with Gasteiger partial charge in [-0.1, -0.05) is 23.2 Å². The standard InChI is InChI=1S/C11H8Cl2N2O2S/c12-6-3-8(13)10(14-4-6)11-15-7(5-18-11)1-2-9(16)17/h3-5H,1-2H2,(H,16,17). The van der Waals surface area contributed by atoms with E-state index in [-0.39, 0.29) is 6.42 Å². The Morgan fingerprint density at radius 2 is 2.22 bits per heavy atom. The Labute approximate surface area is 117 Å². The topological polar surface area (TPSA) is 63.1 Å². The van der Waals surface area contributed by atoms with Crippen molar-refractivity contribution < 1.29 is 9.90 Å². The summed E-state index contributed by atoms with van der Waals surface area (Å²) in [6.07, 6.45) is 1.96. The Morgan fingerprint density at radius 1 is 1.44 bits per heavy atom. The van der Waals surface area contributed by atoms with Crippen molar-refractivity contribution in [2.75, 3.05) is 0 Å². The van der Waals surface area contributed by atoms with Gasteiger partial charge in [0.25, 0.3) is 0 Å². The first-order chi connectivity index (χ1) is 8.56. The van der Waals surface area contributed by atoms with Crippen molar-refractivity contribution in [2.24, 2.45) is 0 Å². The number of thiazole rings is 1.